The van der Waals surface area contributed by atoms with E-state index in [1.165, 1.54) is 12.8 Å². The zero-order valence-corrected chi connectivity index (χ0v) is 14.3. The van der Waals surface area contributed by atoms with Gasteiger partial charge in [0.15, 0.2) is 0 Å². The minimum Gasteiger partial charge on any atom is -0.369 e. The van der Waals surface area contributed by atoms with E-state index in [0.717, 1.165) is 49.7 Å². The van der Waals surface area contributed by atoms with E-state index in [2.05, 4.69) is 21.6 Å². The molecule has 2 N–H and O–H groups in total. The molecule has 1 amide bonds. The molecule has 23 heavy (non-hydrogen) atoms. The molecule has 1 unspecified atom stereocenters. The van der Waals surface area contributed by atoms with Crippen LogP contribution in [0.2, 0.25) is 5.02 Å². The monoisotopic (exact) mass is 335 g/mol. The lowest BCUT2D eigenvalue weighted by atomic mass is 9.93. The van der Waals surface area contributed by atoms with Crippen molar-refractivity contribution in [3.8, 4) is 0 Å². The van der Waals surface area contributed by atoms with E-state index in [4.69, 9.17) is 11.6 Å². The van der Waals surface area contributed by atoms with Crippen molar-refractivity contribution in [3.05, 3.63) is 29.3 Å². The Bertz CT molecular complexity index is 531. The van der Waals surface area contributed by atoms with Crippen molar-refractivity contribution >= 4 is 23.2 Å². The summed E-state index contributed by atoms with van der Waals surface area (Å²) in [6.45, 7) is 4.05. The van der Waals surface area contributed by atoms with Crippen molar-refractivity contribution in [1.29, 1.82) is 0 Å². The summed E-state index contributed by atoms with van der Waals surface area (Å²) in [6.07, 6.45) is 5.11. The number of piperidine rings is 1. The lowest BCUT2D eigenvalue weighted by Gasteiger charge is -2.22. The number of rotatable bonds is 5. The van der Waals surface area contributed by atoms with E-state index >= 15 is 0 Å². The lowest BCUT2D eigenvalue weighted by molar-refractivity contribution is -0.122. The topological polar surface area (TPSA) is 44.4 Å². The van der Waals surface area contributed by atoms with Gasteiger partial charge in [-0.2, -0.15) is 0 Å². The number of carbonyl (C=O) groups is 1. The van der Waals surface area contributed by atoms with Crippen LogP contribution in [0.4, 0.5) is 5.69 Å². The second kappa shape index (κ2) is 8.02. The zero-order valence-electron chi connectivity index (χ0n) is 13.6. The molecule has 4 nitrogen and oxygen atoms in total. The van der Waals surface area contributed by atoms with Crippen LogP contribution in [0.3, 0.4) is 0 Å². The summed E-state index contributed by atoms with van der Waals surface area (Å²) in [6, 6.07) is 8.19. The number of nitrogens with one attached hydrogen (secondary N) is 2. The molecule has 2 aliphatic rings. The molecule has 2 aliphatic heterocycles. The Hall–Kier alpha value is -1.26. The van der Waals surface area contributed by atoms with Gasteiger partial charge in [0.1, 0.15) is 0 Å². The molecule has 1 aromatic carbocycles. The van der Waals surface area contributed by atoms with Crippen LogP contribution in [0.1, 0.15) is 32.1 Å². The predicted octanol–water partition coefficient (Wildman–Crippen LogP) is 2.81. The number of halogens is 1. The van der Waals surface area contributed by atoms with Gasteiger partial charge in [-0.1, -0.05) is 17.7 Å². The molecule has 2 fully saturated rings. The summed E-state index contributed by atoms with van der Waals surface area (Å²) in [5.74, 6) is 0.926. The first kappa shape index (κ1) is 16.6. The van der Waals surface area contributed by atoms with Gasteiger partial charge in [-0.05, 0) is 62.9 Å². The molecule has 0 bridgehead atoms. The Morgan fingerprint density at radius 1 is 1.30 bits per heavy atom. The van der Waals surface area contributed by atoms with E-state index in [-0.39, 0.29) is 11.9 Å². The van der Waals surface area contributed by atoms with Crippen LogP contribution in [0.15, 0.2) is 24.3 Å². The minimum absolute atomic E-state index is 0.210. The number of anilines is 1. The summed E-state index contributed by atoms with van der Waals surface area (Å²) in [5, 5.41) is 7.33. The second-order valence-corrected chi connectivity index (χ2v) is 7.15. The molecule has 3 rings (SSSR count). The SMILES string of the molecule is O=C(CCC1CCNCC1)NC1CCN(c2cccc(Cl)c2)C1. The van der Waals surface area contributed by atoms with Crippen molar-refractivity contribution in [1.82, 2.24) is 10.6 Å². The number of carbonyl (C=O) groups excluding carboxylic acids is 1. The summed E-state index contributed by atoms with van der Waals surface area (Å²) in [7, 11) is 0. The number of nitrogens with zero attached hydrogens (tertiary/aromatic N) is 1. The van der Waals surface area contributed by atoms with Crippen LogP contribution in [-0.4, -0.2) is 38.1 Å². The summed E-state index contributed by atoms with van der Waals surface area (Å²) < 4.78 is 0. The molecule has 1 atom stereocenters. The highest BCUT2D eigenvalue weighted by molar-refractivity contribution is 6.30. The van der Waals surface area contributed by atoms with Crippen molar-refractivity contribution in [2.75, 3.05) is 31.1 Å². The Labute approximate surface area is 143 Å². The number of benzene rings is 1. The van der Waals surface area contributed by atoms with Crippen LogP contribution in [-0.2, 0) is 4.79 Å². The molecule has 126 valence electrons. The maximum Gasteiger partial charge on any atom is 0.220 e. The van der Waals surface area contributed by atoms with Crippen LogP contribution in [0.25, 0.3) is 0 Å². The van der Waals surface area contributed by atoms with Crippen molar-refractivity contribution in [2.45, 2.75) is 38.1 Å². The smallest absolute Gasteiger partial charge is 0.220 e. The Morgan fingerprint density at radius 2 is 2.13 bits per heavy atom. The van der Waals surface area contributed by atoms with Crippen molar-refractivity contribution < 1.29 is 4.79 Å². The molecule has 0 saturated carbocycles. The third-order valence-corrected chi connectivity index (χ3v) is 5.20. The molecular formula is C18H26ClN3O. The fourth-order valence-corrected chi connectivity index (χ4v) is 3.78. The van der Waals surface area contributed by atoms with Gasteiger partial charge in [-0.15, -0.1) is 0 Å². The van der Waals surface area contributed by atoms with E-state index < -0.39 is 0 Å². The van der Waals surface area contributed by atoms with Gasteiger partial charge in [-0.25, -0.2) is 0 Å². The van der Waals surface area contributed by atoms with Crippen LogP contribution < -0.4 is 15.5 Å². The van der Waals surface area contributed by atoms with E-state index in [0.29, 0.717) is 12.3 Å². The predicted molar refractivity (Wildman–Crippen MR) is 95.0 cm³/mol. The first-order valence-corrected chi connectivity index (χ1v) is 9.09. The Morgan fingerprint density at radius 3 is 2.91 bits per heavy atom. The molecule has 0 spiro atoms. The fourth-order valence-electron chi connectivity index (χ4n) is 3.59. The molecule has 2 saturated heterocycles. The Kier molecular flexibility index (Phi) is 5.79. The van der Waals surface area contributed by atoms with Gasteiger partial charge in [0, 0.05) is 36.3 Å². The summed E-state index contributed by atoms with van der Waals surface area (Å²) >= 11 is 6.06. The van der Waals surface area contributed by atoms with Gasteiger partial charge in [0.05, 0.1) is 0 Å². The molecule has 0 aliphatic carbocycles. The molecule has 2 heterocycles. The van der Waals surface area contributed by atoms with Crippen LogP contribution in [0.5, 0.6) is 0 Å². The first-order valence-electron chi connectivity index (χ1n) is 8.71. The van der Waals surface area contributed by atoms with Crippen molar-refractivity contribution in [2.24, 2.45) is 5.92 Å². The highest BCUT2D eigenvalue weighted by atomic mass is 35.5. The third kappa shape index (κ3) is 4.85. The van der Waals surface area contributed by atoms with Gasteiger partial charge in [-0.3, -0.25) is 4.79 Å². The number of hydrogen-bond donors (Lipinski definition) is 2. The second-order valence-electron chi connectivity index (χ2n) is 6.71. The molecular weight excluding hydrogens is 310 g/mol. The number of amides is 1. The van der Waals surface area contributed by atoms with Crippen LogP contribution >= 0.6 is 11.6 Å². The average molecular weight is 336 g/mol. The number of hydrogen-bond acceptors (Lipinski definition) is 3. The largest absolute Gasteiger partial charge is 0.369 e. The quantitative estimate of drug-likeness (QED) is 0.869. The first-order chi connectivity index (χ1) is 11.2. The maximum atomic E-state index is 12.2. The van der Waals surface area contributed by atoms with E-state index in [9.17, 15) is 4.79 Å². The third-order valence-electron chi connectivity index (χ3n) is 4.97. The normalized spacial score (nSPS) is 22.3. The van der Waals surface area contributed by atoms with Gasteiger partial charge in [0.25, 0.3) is 0 Å². The van der Waals surface area contributed by atoms with Crippen molar-refractivity contribution in [3.63, 3.8) is 0 Å². The average Bonchev–Trinajstić information content (AvgIpc) is 3.02. The highest BCUT2D eigenvalue weighted by Crippen LogP contribution is 2.23. The van der Waals surface area contributed by atoms with Gasteiger partial charge in [0.2, 0.25) is 5.91 Å². The van der Waals surface area contributed by atoms with Gasteiger partial charge < -0.3 is 15.5 Å². The standard InChI is InChI=1S/C18H26ClN3O/c19-15-2-1-3-17(12-15)22-11-8-16(13-22)21-18(23)5-4-14-6-9-20-10-7-14/h1-3,12,14,16,20H,4-11,13H2,(H,21,23). The maximum absolute atomic E-state index is 12.2. The molecule has 1 aromatic rings. The van der Waals surface area contributed by atoms with Gasteiger partial charge >= 0.3 is 0 Å². The lowest BCUT2D eigenvalue weighted by Crippen LogP contribution is -2.37. The summed E-state index contributed by atoms with van der Waals surface area (Å²) in [4.78, 5) is 14.5. The Balaban J connectivity index is 1.41. The van der Waals surface area contributed by atoms with Crippen LogP contribution in [0, 0.1) is 5.92 Å². The van der Waals surface area contributed by atoms with E-state index in [1.807, 2.05) is 18.2 Å². The summed E-state index contributed by atoms with van der Waals surface area (Å²) in [5.41, 5.74) is 1.14. The highest BCUT2D eigenvalue weighted by Gasteiger charge is 2.24. The fraction of sp³-hybridized carbons (Fsp3) is 0.611. The minimum atomic E-state index is 0.210. The molecule has 5 heteroatoms. The molecule has 0 radical (unpaired) electrons. The molecule has 0 aromatic heterocycles. The van der Waals surface area contributed by atoms with E-state index in [1.54, 1.807) is 0 Å². The zero-order chi connectivity index (χ0) is 16.1.